The van der Waals surface area contributed by atoms with Crippen LogP contribution in [0.4, 0.5) is 8.78 Å². The molecule has 1 aliphatic heterocycles. The third-order valence-electron chi connectivity index (χ3n) is 5.41. The van der Waals surface area contributed by atoms with Crippen molar-refractivity contribution < 1.29 is 31.8 Å². The molecule has 1 N–H and O–H groups in total. The zero-order chi connectivity index (χ0) is 23.4. The molecule has 1 saturated heterocycles. The Balaban J connectivity index is 1.44. The Labute approximate surface area is 185 Å². The lowest BCUT2D eigenvalue weighted by atomic mass is 9.88. The van der Waals surface area contributed by atoms with Gasteiger partial charge in [-0.15, -0.1) is 0 Å². The quantitative estimate of drug-likeness (QED) is 0.589. The number of hydrogen-bond acceptors (Lipinski definition) is 6. The number of likely N-dealkylation sites (tertiary alicyclic amines) is 1. The van der Waals surface area contributed by atoms with E-state index < -0.39 is 32.2 Å². The average Bonchev–Trinajstić information content (AvgIpc) is 2.76. The number of sulfonamides is 1. The number of amides is 1. The molecule has 0 radical (unpaired) electrons. The van der Waals surface area contributed by atoms with Gasteiger partial charge in [0, 0.05) is 38.9 Å². The van der Waals surface area contributed by atoms with Gasteiger partial charge in [0.25, 0.3) is 0 Å². The van der Waals surface area contributed by atoms with Gasteiger partial charge in [-0.3, -0.25) is 9.78 Å². The summed E-state index contributed by atoms with van der Waals surface area (Å²) in [5.74, 6) is -2.25. The molecule has 0 bridgehead atoms. The van der Waals surface area contributed by atoms with E-state index in [1.54, 1.807) is 29.3 Å². The van der Waals surface area contributed by atoms with Crippen molar-refractivity contribution in [1.82, 2.24) is 14.2 Å². The molecule has 8 nitrogen and oxygen atoms in total. The summed E-state index contributed by atoms with van der Waals surface area (Å²) in [5, 5.41) is 10.8. The molecule has 1 amide bonds. The van der Waals surface area contributed by atoms with Gasteiger partial charge in [0.05, 0.1) is 17.2 Å². The molecule has 3 rings (SSSR count). The van der Waals surface area contributed by atoms with Crippen LogP contribution in [0.15, 0.2) is 47.5 Å². The molecule has 0 atom stereocenters. The minimum absolute atomic E-state index is 0.0784. The Hall–Kier alpha value is -2.47. The number of pyridine rings is 1. The zero-order valence-corrected chi connectivity index (χ0v) is 18.4. The Kier molecular flexibility index (Phi) is 7.55. The van der Waals surface area contributed by atoms with Crippen LogP contribution < -0.4 is 0 Å². The van der Waals surface area contributed by atoms with Crippen LogP contribution >= 0.6 is 0 Å². The number of likely N-dealkylation sites (N-methyl/N-ethyl adjacent to an activating group) is 1. The van der Waals surface area contributed by atoms with E-state index in [1.807, 2.05) is 0 Å². The summed E-state index contributed by atoms with van der Waals surface area (Å²) in [5.41, 5.74) is -0.502. The highest BCUT2D eigenvalue weighted by Crippen LogP contribution is 2.31. The van der Waals surface area contributed by atoms with E-state index >= 15 is 0 Å². The van der Waals surface area contributed by atoms with Gasteiger partial charge in [0.15, 0.2) is 0 Å². The van der Waals surface area contributed by atoms with Gasteiger partial charge in [0.1, 0.15) is 23.8 Å². The van der Waals surface area contributed by atoms with Crippen molar-refractivity contribution in [2.75, 3.05) is 39.9 Å². The number of hydrogen-bond donors (Lipinski definition) is 1. The Morgan fingerprint density at radius 3 is 2.47 bits per heavy atom. The van der Waals surface area contributed by atoms with E-state index in [1.165, 1.54) is 7.05 Å². The molecule has 1 aliphatic rings. The number of rotatable bonds is 8. The molecule has 1 fully saturated rings. The molecule has 11 heteroatoms. The van der Waals surface area contributed by atoms with Crippen LogP contribution in [0.2, 0.25) is 0 Å². The van der Waals surface area contributed by atoms with Gasteiger partial charge >= 0.3 is 0 Å². The average molecular weight is 470 g/mol. The molecule has 1 aromatic heterocycles. The van der Waals surface area contributed by atoms with Crippen molar-refractivity contribution in [3.8, 4) is 0 Å². The van der Waals surface area contributed by atoms with Gasteiger partial charge in [-0.2, -0.15) is 4.31 Å². The van der Waals surface area contributed by atoms with Crippen molar-refractivity contribution in [2.24, 2.45) is 0 Å². The van der Waals surface area contributed by atoms with Crippen LogP contribution in [-0.2, 0) is 25.2 Å². The van der Waals surface area contributed by atoms with E-state index in [-0.39, 0.29) is 25.7 Å². The molecule has 2 heterocycles. The maximum atomic E-state index is 13.3. The maximum absolute atomic E-state index is 13.3. The molecular weight excluding hydrogens is 444 g/mol. The zero-order valence-electron chi connectivity index (χ0n) is 17.6. The SMILES string of the molecule is CN(CCOCC(=O)N1CCC(O)(c2ccccn2)CC1)S(=O)(=O)c1cc(F)cc(F)c1. The summed E-state index contributed by atoms with van der Waals surface area (Å²) in [6, 6.07) is 7.38. The van der Waals surface area contributed by atoms with E-state index in [0.29, 0.717) is 37.7 Å². The molecule has 0 spiro atoms. The van der Waals surface area contributed by atoms with Gasteiger partial charge in [-0.05, 0) is 37.1 Å². The predicted octanol–water partition coefficient (Wildman–Crippen LogP) is 1.51. The molecule has 0 saturated carbocycles. The van der Waals surface area contributed by atoms with Crippen LogP contribution in [0.3, 0.4) is 0 Å². The van der Waals surface area contributed by atoms with Gasteiger partial charge in [-0.1, -0.05) is 6.07 Å². The van der Waals surface area contributed by atoms with Gasteiger partial charge < -0.3 is 14.7 Å². The van der Waals surface area contributed by atoms with E-state index in [9.17, 15) is 27.1 Å². The second kappa shape index (κ2) is 9.99. The van der Waals surface area contributed by atoms with Crippen molar-refractivity contribution in [3.63, 3.8) is 0 Å². The number of nitrogens with zero attached hydrogens (tertiary/aromatic N) is 3. The fourth-order valence-corrected chi connectivity index (χ4v) is 4.64. The summed E-state index contributed by atoms with van der Waals surface area (Å²) in [7, 11) is -2.84. The molecule has 32 heavy (non-hydrogen) atoms. The first kappa shape index (κ1) is 24.2. The highest BCUT2D eigenvalue weighted by Gasteiger charge is 2.36. The second-order valence-corrected chi connectivity index (χ2v) is 9.66. The second-order valence-electron chi connectivity index (χ2n) is 7.61. The van der Waals surface area contributed by atoms with Crippen molar-refractivity contribution >= 4 is 15.9 Å². The molecule has 174 valence electrons. The number of benzene rings is 1. The normalized spacial score (nSPS) is 16.3. The number of aromatic nitrogens is 1. The summed E-state index contributed by atoms with van der Waals surface area (Å²) >= 11 is 0. The van der Waals surface area contributed by atoms with Crippen LogP contribution in [0.5, 0.6) is 0 Å². The smallest absolute Gasteiger partial charge is 0.248 e. The fraction of sp³-hybridized carbons (Fsp3) is 0.429. The lowest BCUT2D eigenvalue weighted by molar-refractivity contribution is -0.140. The van der Waals surface area contributed by atoms with Gasteiger partial charge in [0.2, 0.25) is 15.9 Å². The van der Waals surface area contributed by atoms with Crippen molar-refractivity contribution in [2.45, 2.75) is 23.3 Å². The standard InChI is InChI=1S/C21H25F2N3O5S/c1-25(32(29,30)18-13-16(22)12-17(23)14-18)10-11-31-15-20(27)26-8-5-21(28,6-9-26)19-4-2-3-7-24-19/h2-4,7,12-14,28H,5-6,8-11,15H2,1H3. The topological polar surface area (TPSA) is 100 Å². The third kappa shape index (κ3) is 5.66. The lowest BCUT2D eigenvalue weighted by Crippen LogP contribution is -2.46. The van der Waals surface area contributed by atoms with E-state index in [2.05, 4.69) is 4.98 Å². The Bertz CT molecular complexity index is 1020. The predicted molar refractivity (Wildman–Crippen MR) is 111 cm³/mol. The van der Waals surface area contributed by atoms with Crippen molar-refractivity contribution in [3.05, 3.63) is 59.9 Å². The monoisotopic (exact) mass is 469 g/mol. The van der Waals surface area contributed by atoms with Crippen LogP contribution in [0.1, 0.15) is 18.5 Å². The molecule has 1 aromatic carbocycles. The molecule has 2 aromatic rings. The lowest BCUT2D eigenvalue weighted by Gasteiger charge is -2.37. The number of ether oxygens (including phenoxy) is 1. The summed E-state index contributed by atoms with van der Waals surface area (Å²) < 4.78 is 57.7. The maximum Gasteiger partial charge on any atom is 0.248 e. The Morgan fingerprint density at radius 1 is 1.22 bits per heavy atom. The van der Waals surface area contributed by atoms with Crippen LogP contribution in [0.25, 0.3) is 0 Å². The van der Waals surface area contributed by atoms with Crippen LogP contribution in [0, 0.1) is 11.6 Å². The number of aliphatic hydroxyl groups is 1. The summed E-state index contributed by atoms with van der Waals surface area (Å²) in [4.78, 5) is 17.7. The van der Waals surface area contributed by atoms with Gasteiger partial charge in [-0.25, -0.2) is 17.2 Å². The number of carbonyl (C=O) groups is 1. The van der Waals surface area contributed by atoms with Crippen LogP contribution in [-0.4, -0.2) is 73.5 Å². The Morgan fingerprint density at radius 2 is 1.88 bits per heavy atom. The molecule has 0 unspecified atom stereocenters. The number of piperidine rings is 1. The number of carbonyl (C=O) groups excluding carboxylic acids is 1. The minimum atomic E-state index is -4.10. The molecular formula is C21H25F2N3O5S. The van der Waals surface area contributed by atoms with Crippen molar-refractivity contribution in [1.29, 1.82) is 0 Å². The van der Waals surface area contributed by atoms with E-state index in [4.69, 9.17) is 4.74 Å². The highest BCUT2D eigenvalue weighted by molar-refractivity contribution is 7.89. The fourth-order valence-electron chi connectivity index (χ4n) is 3.44. The number of halogens is 2. The summed E-state index contributed by atoms with van der Waals surface area (Å²) in [6.07, 6.45) is 2.31. The highest BCUT2D eigenvalue weighted by atomic mass is 32.2. The summed E-state index contributed by atoms with van der Waals surface area (Å²) in [6.45, 7) is 0.256. The molecule has 0 aliphatic carbocycles. The first-order chi connectivity index (χ1) is 15.1. The minimum Gasteiger partial charge on any atom is -0.383 e. The third-order valence-corrected chi connectivity index (χ3v) is 7.24. The largest absolute Gasteiger partial charge is 0.383 e. The first-order valence-corrected chi connectivity index (χ1v) is 11.5. The first-order valence-electron chi connectivity index (χ1n) is 10.0. The van der Waals surface area contributed by atoms with E-state index in [0.717, 1.165) is 16.4 Å².